The standard InChI is InChI=1S/C27H28N6O3S/c1-18(2)21-9-11-22(12-10-21)29-26(34)28-19(3)25-30-31-27(37-17-20-7-5-4-6-8-20)32(25)23-13-15-24(16-14-23)33(35)36/h4-16,18-19H,17H2,1-3H3,(H2,28,29,34). The number of carbonyl (C=O) groups is 1. The van der Waals surface area contributed by atoms with Gasteiger partial charge in [-0.3, -0.25) is 14.7 Å². The molecule has 3 aromatic carbocycles. The molecule has 0 aliphatic carbocycles. The second kappa shape index (κ2) is 11.7. The van der Waals surface area contributed by atoms with Crippen LogP contribution in [-0.2, 0) is 5.75 Å². The average Bonchev–Trinajstić information content (AvgIpc) is 3.32. The van der Waals surface area contributed by atoms with Crippen LogP contribution in [0.15, 0.2) is 84.0 Å². The molecule has 0 bridgehead atoms. The van der Waals surface area contributed by atoms with Gasteiger partial charge in [0.05, 0.1) is 11.0 Å². The Bertz CT molecular complexity index is 1360. The van der Waals surface area contributed by atoms with E-state index >= 15 is 0 Å². The number of carbonyl (C=O) groups excluding carboxylic acids is 1. The van der Waals surface area contributed by atoms with Gasteiger partial charge in [0.1, 0.15) is 0 Å². The molecule has 4 rings (SSSR count). The third-order valence-electron chi connectivity index (χ3n) is 5.76. The second-order valence-corrected chi connectivity index (χ2v) is 9.76. The average molecular weight is 517 g/mol. The molecule has 1 atom stereocenters. The number of nitro groups is 1. The van der Waals surface area contributed by atoms with Gasteiger partial charge in [-0.1, -0.05) is 68.1 Å². The van der Waals surface area contributed by atoms with Crippen molar-refractivity contribution in [3.8, 4) is 5.69 Å². The molecule has 2 amide bonds. The molecule has 0 fully saturated rings. The number of anilines is 1. The molecular weight excluding hydrogens is 488 g/mol. The van der Waals surface area contributed by atoms with Crippen molar-refractivity contribution in [1.29, 1.82) is 0 Å². The first-order valence-electron chi connectivity index (χ1n) is 11.9. The SMILES string of the molecule is CC(C)c1ccc(NC(=O)NC(C)c2nnc(SCc3ccccc3)n2-c2ccc([N+](=O)[O-])cc2)cc1. The maximum absolute atomic E-state index is 12.7. The van der Waals surface area contributed by atoms with E-state index in [9.17, 15) is 14.9 Å². The van der Waals surface area contributed by atoms with E-state index in [1.807, 2.05) is 66.1 Å². The Morgan fingerprint density at radius 1 is 0.973 bits per heavy atom. The van der Waals surface area contributed by atoms with E-state index in [0.717, 1.165) is 5.56 Å². The number of amides is 2. The molecule has 0 radical (unpaired) electrons. The minimum Gasteiger partial charge on any atom is -0.328 e. The van der Waals surface area contributed by atoms with Gasteiger partial charge in [0.15, 0.2) is 11.0 Å². The fourth-order valence-electron chi connectivity index (χ4n) is 3.72. The molecule has 0 saturated carbocycles. The van der Waals surface area contributed by atoms with E-state index < -0.39 is 11.0 Å². The van der Waals surface area contributed by atoms with Crippen LogP contribution < -0.4 is 10.6 Å². The van der Waals surface area contributed by atoms with Crippen molar-refractivity contribution in [1.82, 2.24) is 20.1 Å². The van der Waals surface area contributed by atoms with Crippen molar-refractivity contribution in [2.24, 2.45) is 0 Å². The van der Waals surface area contributed by atoms with Gasteiger partial charge in [-0.05, 0) is 48.2 Å². The Morgan fingerprint density at radius 2 is 1.65 bits per heavy atom. The van der Waals surface area contributed by atoms with Crippen LogP contribution in [0.1, 0.15) is 49.7 Å². The number of aromatic nitrogens is 3. The molecule has 190 valence electrons. The molecule has 1 unspecified atom stereocenters. The van der Waals surface area contributed by atoms with Crippen molar-refractivity contribution in [3.05, 3.63) is 106 Å². The zero-order chi connectivity index (χ0) is 26.4. The molecule has 4 aromatic rings. The third kappa shape index (κ3) is 6.53. The number of hydrogen-bond acceptors (Lipinski definition) is 6. The molecule has 0 spiro atoms. The Kier molecular flexibility index (Phi) is 8.19. The molecule has 0 saturated heterocycles. The fraction of sp³-hybridized carbons (Fsp3) is 0.222. The number of rotatable bonds is 9. The number of urea groups is 1. The molecule has 10 heteroatoms. The normalized spacial score (nSPS) is 11.8. The summed E-state index contributed by atoms with van der Waals surface area (Å²) in [6.07, 6.45) is 0. The summed E-state index contributed by atoms with van der Waals surface area (Å²) in [4.78, 5) is 23.4. The number of nitrogens with one attached hydrogen (secondary N) is 2. The summed E-state index contributed by atoms with van der Waals surface area (Å²) in [7, 11) is 0. The van der Waals surface area contributed by atoms with E-state index in [1.165, 1.54) is 29.5 Å². The Labute approximate surface area is 219 Å². The van der Waals surface area contributed by atoms with Crippen molar-refractivity contribution in [2.45, 2.75) is 43.6 Å². The number of nitro benzene ring substituents is 1. The zero-order valence-corrected chi connectivity index (χ0v) is 21.6. The van der Waals surface area contributed by atoms with E-state index in [0.29, 0.717) is 34.0 Å². The van der Waals surface area contributed by atoms with E-state index in [-0.39, 0.29) is 11.7 Å². The van der Waals surface area contributed by atoms with Gasteiger partial charge in [0, 0.05) is 29.3 Å². The van der Waals surface area contributed by atoms with Crippen LogP contribution in [0.5, 0.6) is 0 Å². The maximum Gasteiger partial charge on any atom is 0.319 e. The van der Waals surface area contributed by atoms with Crippen LogP contribution in [0.4, 0.5) is 16.2 Å². The van der Waals surface area contributed by atoms with Crippen LogP contribution >= 0.6 is 11.8 Å². The van der Waals surface area contributed by atoms with Crippen molar-refractivity contribution in [3.63, 3.8) is 0 Å². The minimum absolute atomic E-state index is 0.00843. The Hall–Kier alpha value is -4.18. The highest BCUT2D eigenvalue weighted by Crippen LogP contribution is 2.28. The highest BCUT2D eigenvalue weighted by molar-refractivity contribution is 7.98. The lowest BCUT2D eigenvalue weighted by Gasteiger charge is -2.17. The third-order valence-corrected chi connectivity index (χ3v) is 6.76. The summed E-state index contributed by atoms with van der Waals surface area (Å²) in [5.74, 6) is 1.58. The van der Waals surface area contributed by atoms with Crippen LogP contribution in [0.25, 0.3) is 5.69 Å². The molecule has 0 aliphatic heterocycles. The lowest BCUT2D eigenvalue weighted by atomic mass is 10.0. The van der Waals surface area contributed by atoms with E-state index in [2.05, 4.69) is 34.7 Å². The monoisotopic (exact) mass is 516 g/mol. The molecule has 0 aliphatic rings. The van der Waals surface area contributed by atoms with Gasteiger partial charge >= 0.3 is 6.03 Å². The number of benzene rings is 3. The summed E-state index contributed by atoms with van der Waals surface area (Å²) in [6, 6.07) is 23.0. The summed E-state index contributed by atoms with van der Waals surface area (Å²) < 4.78 is 1.82. The van der Waals surface area contributed by atoms with Crippen LogP contribution in [0, 0.1) is 10.1 Å². The summed E-state index contributed by atoms with van der Waals surface area (Å²) in [6.45, 7) is 6.05. The summed E-state index contributed by atoms with van der Waals surface area (Å²) in [5.41, 5.74) is 3.66. The molecule has 9 nitrogen and oxygen atoms in total. The molecule has 1 aromatic heterocycles. The maximum atomic E-state index is 12.7. The highest BCUT2D eigenvalue weighted by atomic mass is 32.2. The molecule has 37 heavy (non-hydrogen) atoms. The first kappa shape index (κ1) is 25.9. The predicted molar refractivity (Wildman–Crippen MR) is 145 cm³/mol. The van der Waals surface area contributed by atoms with Gasteiger partial charge in [0.2, 0.25) is 0 Å². The number of nitrogens with zero attached hydrogens (tertiary/aromatic N) is 4. The van der Waals surface area contributed by atoms with Crippen LogP contribution in [-0.4, -0.2) is 25.7 Å². The van der Waals surface area contributed by atoms with E-state index in [1.54, 1.807) is 12.1 Å². The predicted octanol–water partition coefficient (Wildman–Crippen LogP) is 6.47. The first-order chi connectivity index (χ1) is 17.8. The summed E-state index contributed by atoms with van der Waals surface area (Å²) >= 11 is 1.50. The van der Waals surface area contributed by atoms with Gasteiger partial charge in [0.25, 0.3) is 5.69 Å². The summed E-state index contributed by atoms with van der Waals surface area (Å²) in [5, 5.41) is 26.3. The highest BCUT2D eigenvalue weighted by Gasteiger charge is 2.22. The molecule has 2 N–H and O–H groups in total. The smallest absolute Gasteiger partial charge is 0.319 e. The van der Waals surface area contributed by atoms with Crippen molar-refractivity contribution in [2.75, 3.05) is 5.32 Å². The lowest BCUT2D eigenvalue weighted by Crippen LogP contribution is -2.32. The molecule has 1 heterocycles. The fourth-order valence-corrected chi connectivity index (χ4v) is 4.64. The number of non-ortho nitro benzene ring substituents is 1. The molecular formula is C27H28N6O3S. The van der Waals surface area contributed by atoms with Crippen LogP contribution in [0.2, 0.25) is 0 Å². The quantitative estimate of drug-likeness (QED) is 0.150. The van der Waals surface area contributed by atoms with Gasteiger partial charge in [-0.2, -0.15) is 0 Å². The lowest BCUT2D eigenvalue weighted by molar-refractivity contribution is -0.384. The van der Waals surface area contributed by atoms with E-state index in [4.69, 9.17) is 0 Å². The first-order valence-corrected chi connectivity index (χ1v) is 12.8. The van der Waals surface area contributed by atoms with Gasteiger partial charge < -0.3 is 10.6 Å². The Balaban J connectivity index is 1.55. The number of hydrogen-bond donors (Lipinski definition) is 2. The van der Waals surface area contributed by atoms with Crippen molar-refractivity contribution < 1.29 is 9.72 Å². The Morgan fingerprint density at radius 3 is 2.27 bits per heavy atom. The van der Waals surface area contributed by atoms with Crippen molar-refractivity contribution >= 4 is 29.2 Å². The number of thioether (sulfide) groups is 1. The largest absolute Gasteiger partial charge is 0.328 e. The second-order valence-electron chi connectivity index (χ2n) is 8.82. The minimum atomic E-state index is -0.497. The van der Waals surface area contributed by atoms with Gasteiger partial charge in [-0.15, -0.1) is 10.2 Å². The zero-order valence-electron chi connectivity index (χ0n) is 20.8. The van der Waals surface area contributed by atoms with Gasteiger partial charge in [-0.25, -0.2) is 4.79 Å². The van der Waals surface area contributed by atoms with Crippen LogP contribution in [0.3, 0.4) is 0 Å². The topological polar surface area (TPSA) is 115 Å².